The normalized spacial score (nSPS) is 16.7. The molecule has 0 radical (unpaired) electrons. The van der Waals surface area contributed by atoms with Crippen LogP contribution < -0.4 is 9.47 Å². The van der Waals surface area contributed by atoms with Gasteiger partial charge in [0.1, 0.15) is 5.82 Å². The van der Waals surface area contributed by atoms with E-state index in [9.17, 15) is 9.18 Å². The second kappa shape index (κ2) is 7.19. The highest BCUT2D eigenvalue weighted by Crippen LogP contribution is 2.38. The van der Waals surface area contributed by atoms with E-state index in [1.807, 2.05) is 29.2 Å². The largest absolute Gasteiger partial charge is 0.493 e. The van der Waals surface area contributed by atoms with Crippen LogP contribution in [0, 0.1) is 5.82 Å². The quantitative estimate of drug-likeness (QED) is 0.632. The molecule has 1 amide bonds. The van der Waals surface area contributed by atoms with Gasteiger partial charge in [-0.2, -0.15) is 0 Å². The summed E-state index contributed by atoms with van der Waals surface area (Å²) in [4.78, 5) is 15.7. The number of hydrogen-bond acceptors (Lipinski definition) is 4. The van der Waals surface area contributed by atoms with Gasteiger partial charge in [-0.1, -0.05) is 12.1 Å². The molecule has 0 saturated carbocycles. The van der Waals surface area contributed by atoms with Crippen molar-refractivity contribution >= 4 is 27.3 Å². The van der Waals surface area contributed by atoms with E-state index >= 15 is 0 Å². The molecule has 4 nitrogen and oxygen atoms in total. The molecule has 140 valence electrons. The Hall–Kier alpha value is -2.60. The lowest BCUT2D eigenvalue weighted by Crippen LogP contribution is -2.29. The second-order valence-corrected chi connectivity index (χ2v) is 7.65. The summed E-state index contributed by atoms with van der Waals surface area (Å²) < 4.78 is 25.0. The lowest BCUT2D eigenvalue weighted by Gasteiger charge is -2.25. The highest BCUT2D eigenvalue weighted by atomic mass is 32.1. The van der Waals surface area contributed by atoms with E-state index < -0.39 is 0 Å². The van der Waals surface area contributed by atoms with Crippen molar-refractivity contribution in [1.82, 2.24) is 4.90 Å². The average Bonchev–Trinajstić information content (AvgIpc) is 3.33. The Morgan fingerprint density at radius 2 is 1.93 bits per heavy atom. The molecular formula is C21H20FNO3S. The third-order valence-electron chi connectivity index (χ3n) is 5.00. The number of thiophene rings is 1. The van der Waals surface area contributed by atoms with Crippen molar-refractivity contribution in [3.63, 3.8) is 0 Å². The first-order valence-electron chi connectivity index (χ1n) is 8.82. The van der Waals surface area contributed by atoms with Gasteiger partial charge in [-0.25, -0.2) is 4.39 Å². The maximum absolute atomic E-state index is 13.5. The molecule has 1 atom stereocenters. The van der Waals surface area contributed by atoms with Crippen molar-refractivity contribution in [3.8, 4) is 11.5 Å². The number of methoxy groups -OCH3 is 2. The molecular weight excluding hydrogens is 365 g/mol. The fraction of sp³-hybridized carbons (Fsp3) is 0.286. The summed E-state index contributed by atoms with van der Waals surface area (Å²) in [5, 5.41) is 0.895. The molecule has 0 bridgehead atoms. The van der Waals surface area contributed by atoms with Crippen molar-refractivity contribution in [2.24, 2.45) is 0 Å². The molecule has 0 N–H and O–H groups in total. The number of carbonyl (C=O) groups is 1. The van der Waals surface area contributed by atoms with Gasteiger partial charge in [0.25, 0.3) is 5.91 Å². The average molecular weight is 385 g/mol. The van der Waals surface area contributed by atoms with Crippen LogP contribution in [0.15, 0.2) is 42.5 Å². The molecule has 0 aliphatic carbocycles. The van der Waals surface area contributed by atoms with Crippen LogP contribution in [-0.4, -0.2) is 31.6 Å². The Bertz CT molecular complexity index is 1000. The van der Waals surface area contributed by atoms with Crippen molar-refractivity contribution in [2.45, 2.75) is 18.9 Å². The zero-order valence-electron chi connectivity index (χ0n) is 15.2. The summed E-state index contributed by atoms with van der Waals surface area (Å²) in [5.74, 6) is 1.04. The van der Waals surface area contributed by atoms with Crippen LogP contribution >= 0.6 is 11.3 Å². The van der Waals surface area contributed by atoms with Crippen LogP contribution in [0.25, 0.3) is 10.1 Å². The molecule has 3 aromatic rings. The Balaban J connectivity index is 1.65. The minimum Gasteiger partial charge on any atom is -0.493 e. The van der Waals surface area contributed by atoms with Gasteiger partial charge in [0.15, 0.2) is 11.5 Å². The van der Waals surface area contributed by atoms with Gasteiger partial charge < -0.3 is 14.4 Å². The molecule has 6 heteroatoms. The van der Waals surface area contributed by atoms with Crippen LogP contribution in [0.4, 0.5) is 4.39 Å². The van der Waals surface area contributed by atoms with Crippen molar-refractivity contribution in [2.75, 3.05) is 20.8 Å². The lowest BCUT2D eigenvalue weighted by molar-refractivity contribution is 0.0740. The van der Waals surface area contributed by atoms with Gasteiger partial charge in [-0.05, 0) is 54.1 Å². The van der Waals surface area contributed by atoms with Crippen LogP contribution in [0.1, 0.15) is 34.1 Å². The van der Waals surface area contributed by atoms with E-state index in [4.69, 9.17) is 9.47 Å². The first kappa shape index (κ1) is 17.8. The molecule has 4 rings (SSSR count). The first-order valence-corrected chi connectivity index (χ1v) is 9.64. The molecule has 1 aliphatic heterocycles. The number of benzene rings is 2. The van der Waals surface area contributed by atoms with Crippen LogP contribution in [0.5, 0.6) is 11.5 Å². The van der Waals surface area contributed by atoms with Gasteiger partial charge >= 0.3 is 0 Å². The number of hydrogen-bond donors (Lipinski definition) is 0. The molecule has 1 aromatic heterocycles. The Morgan fingerprint density at radius 3 is 2.70 bits per heavy atom. The van der Waals surface area contributed by atoms with Crippen molar-refractivity contribution < 1.29 is 18.7 Å². The van der Waals surface area contributed by atoms with Crippen molar-refractivity contribution in [3.05, 3.63) is 58.7 Å². The highest BCUT2D eigenvalue weighted by molar-refractivity contribution is 7.20. The van der Waals surface area contributed by atoms with E-state index in [1.165, 1.54) is 23.5 Å². The number of likely N-dealkylation sites (tertiary alicyclic amines) is 1. The smallest absolute Gasteiger partial charge is 0.264 e. The number of rotatable bonds is 4. The summed E-state index contributed by atoms with van der Waals surface area (Å²) >= 11 is 1.34. The number of nitrogens with zero attached hydrogens (tertiary/aromatic N) is 1. The van der Waals surface area contributed by atoms with Gasteiger partial charge in [0.05, 0.1) is 25.1 Å². The summed E-state index contributed by atoms with van der Waals surface area (Å²) in [5.41, 5.74) is 1.03. The zero-order chi connectivity index (χ0) is 19.0. The maximum atomic E-state index is 13.5. The van der Waals surface area contributed by atoms with Crippen LogP contribution in [0.2, 0.25) is 0 Å². The standard InChI is InChI=1S/C21H20FNO3S/c1-25-17-8-6-13(10-18(17)26-2)16-4-3-9-23(16)21(24)20-11-14-5-7-15(22)12-19(14)27-20/h5-8,10-12,16H,3-4,9H2,1-2H3/t16-/m0/s1. The second-order valence-electron chi connectivity index (χ2n) is 6.56. The number of ether oxygens (including phenoxy) is 2. The summed E-state index contributed by atoms with van der Waals surface area (Å²) in [6, 6.07) is 12.3. The van der Waals surface area contributed by atoms with E-state index in [0.717, 1.165) is 28.5 Å². The highest BCUT2D eigenvalue weighted by Gasteiger charge is 2.32. The van der Waals surface area contributed by atoms with Crippen LogP contribution in [0.3, 0.4) is 0 Å². The Kier molecular flexibility index (Phi) is 4.74. The van der Waals surface area contributed by atoms with E-state index in [2.05, 4.69) is 0 Å². The zero-order valence-corrected chi connectivity index (χ0v) is 16.0. The van der Waals surface area contributed by atoms with Gasteiger partial charge in [0, 0.05) is 11.2 Å². The summed E-state index contributed by atoms with van der Waals surface area (Å²) in [7, 11) is 3.21. The first-order chi connectivity index (χ1) is 13.1. The maximum Gasteiger partial charge on any atom is 0.264 e. The topological polar surface area (TPSA) is 38.8 Å². The summed E-state index contributed by atoms with van der Waals surface area (Å²) in [6.07, 6.45) is 1.85. The van der Waals surface area contributed by atoms with Crippen molar-refractivity contribution in [1.29, 1.82) is 0 Å². The van der Waals surface area contributed by atoms with Gasteiger partial charge in [-0.15, -0.1) is 11.3 Å². The lowest BCUT2D eigenvalue weighted by atomic mass is 10.0. The van der Waals surface area contributed by atoms with E-state index in [0.29, 0.717) is 22.9 Å². The number of amides is 1. The SMILES string of the molecule is COc1ccc([C@@H]2CCCN2C(=O)c2cc3ccc(F)cc3s2)cc1OC. The molecule has 1 saturated heterocycles. The summed E-state index contributed by atoms with van der Waals surface area (Å²) in [6.45, 7) is 0.709. The minimum absolute atomic E-state index is 0.000690. The van der Waals surface area contributed by atoms with Crippen LogP contribution in [-0.2, 0) is 0 Å². The fourth-order valence-corrected chi connectivity index (χ4v) is 4.71. The minimum atomic E-state index is -0.285. The number of halogens is 1. The Morgan fingerprint density at radius 1 is 1.11 bits per heavy atom. The van der Waals surface area contributed by atoms with Gasteiger partial charge in [-0.3, -0.25) is 4.79 Å². The van der Waals surface area contributed by atoms with E-state index in [-0.39, 0.29) is 17.8 Å². The molecule has 1 fully saturated rings. The predicted octanol–water partition coefficient (Wildman–Crippen LogP) is 5.03. The molecule has 1 aliphatic rings. The molecule has 27 heavy (non-hydrogen) atoms. The number of fused-ring (bicyclic) bond motifs is 1. The third kappa shape index (κ3) is 3.25. The Labute approximate surface area is 161 Å². The number of carbonyl (C=O) groups excluding carboxylic acids is 1. The molecule has 0 spiro atoms. The monoisotopic (exact) mass is 385 g/mol. The predicted molar refractivity (Wildman–Crippen MR) is 104 cm³/mol. The van der Waals surface area contributed by atoms with E-state index in [1.54, 1.807) is 20.3 Å². The van der Waals surface area contributed by atoms with Gasteiger partial charge in [0.2, 0.25) is 0 Å². The fourth-order valence-electron chi connectivity index (χ4n) is 3.67. The molecule has 0 unspecified atom stereocenters. The molecule has 2 aromatic carbocycles. The molecule has 2 heterocycles. The third-order valence-corrected chi connectivity index (χ3v) is 6.08.